The van der Waals surface area contributed by atoms with Gasteiger partial charge in [-0.2, -0.15) is 8.78 Å². The second kappa shape index (κ2) is 16.9. The molecule has 4 amide bonds. The molecular formula is C34H46F3N7O5. The topological polar surface area (TPSA) is 146 Å². The molecule has 2 fully saturated rings. The van der Waals surface area contributed by atoms with Crippen LogP contribution in [0.2, 0.25) is 0 Å². The number of carbonyl (C=O) groups excluding carboxylic acids is 4. The van der Waals surface area contributed by atoms with E-state index < -0.39 is 53.0 Å². The molecule has 15 heteroatoms. The monoisotopic (exact) mass is 689 g/mol. The SMILES string of the molecule is CCC(=O)N[C@@H](C(=O)N1CCN(C)CC1)[C@@H](C)c1ccc(NC(=O)[C@@H](NC(=O)C(F)(F)c2cnc(OC)nc2)C2CCCCCC2)c(F)c1. The first-order chi connectivity index (χ1) is 23.3. The predicted molar refractivity (Wildman–Crippen MR) is 175 cm³/mol. The van der Waals surface area contributed by atoms with Crippen molar-refractivity contribution in [1.82, 2.24) is 30.4 Å². The molecule has 3 N–H and O–H groups in total. The number of nitrogens with one attached hydrogen (secondary N) is 3. The highest BCUT2D eigenvalue weighted by molar-refractivity contribution is 5.98. The first kappa shape index (κ1) is 37.5. The van der Waals surface area contributed by atoms with Gasteiger partial charge in [-0.05, 0) is 43.5 Å². The molecule has 1 aromatic heterocycles. The van der Waals surface area contributed by atoms with Crippen molar-refractivity contribution in [2.75, 3.05) is 45.7 Å². The van der Waals surface area contributed by atoms with Gasteiger partial charge in [0.25, 0.3) is 5.91 Å². The third kappa shape index (κ3) is 9.46. The van der Waals surface area contributed by atoms with E-state index >= 15 is 13.2 Å². The fourth-order valence-corrected chi connectivity index (χ4v) is 6.21. The number of halogens is 3. The Hall–Kier alpha value is -4.27. The summed E-state index contributed by atoms with van der Waals surface area (Å²) in [6.45, 7) is 5.76. The van der Waals surface area contributed by atoms with Crippen LogP contribution in [0, 0.1) is 11.7 Å². The average Bonchev–Trinajstić information content (AvgIpc) is 3.39. The number of carbonyl (C=O) groups is 4. The molecule has 49 heavy (non-hydrogen) atoms. The molecule has 1 aliphatic carbocycles. The largest absolute Gasteiger partial charge is 0.467 e. The van der Waals surface area contributed by atoms with Gasteiger partial charge in [0.1, 0.15) is 17.9 Å². The van der Waals surface area contributed by atoms with Crippen molar-refractivity contribution in [3.63, 3.8) is 0 Å². The second-order valence-electron chi connectivity index (χ2n) is 12.8. The van der Waals surface area contributed by atoms with Crippen molar-refractivity contribution in [3.8, 4) is 6.01 Å². The molecule has 268 valence electrons. The number of likely N-dealkylation sites (N-methyl/N-ethyl adjacent to an activating group) is 1. The molecule has 1 saturated heterocycles. The molecule has 1 aliphatic heterocycles. The van der Waals surface area contributed by atoms with E-state index in [1.165, 1.54) is 19.2 Å². The van der Waals surface area contributed by atoms with Crippen molar-refractivity contribution in [2.45, 2.75) is 82.7 Å². The summed E-state index contributed by atoms with van der Waals surface area (Å²) in [6, 6.07) is 1.59. The molecule has 2 heterocycles. The van der Waals surface area contributed by atoms with E-state index in [0.717, 1.165) is 38.1 Å². The van der Waals surface area contributed by atoms with Crippen molar-refractivity contribution in [2.24, 2.45) is 5.92 Å². The number of alkyl halides is 2. The summed E-state index contributed by atoms with van der Waals surface area (Å²) < 4.78 is 50.9. The molecule has 0 bridgehead atoms. The van der Waals surface area contributed by atoms with Crippen molar-refractivity contribution in [3.05, 3.63) is 47.5 Å². The van der Waals surface area contributed by atoms with Crippen LogP contribution in [0.3, 0.4) is 0 Å². The Kier molecular flexibility index (Phi) is 13.0. The Bertz CT molecular complexity index is 1460. The van der Waals surface area contributed by atoms with Crippen LogP contribution >= 0.6 is 0 Å². The molecule has 2 aromatic rings. The third-order valence-electron chi connectivity index (χ3n) is 9.39. The number of anilines is 1. The third-order valence-corrected chi connectivity index (χ3v) is 9.39. The molecule has 0 radical (unpaired) electrons. The molecule has 1 aromatic carbocycles. The standard InChI is InChI=1S/C34H46F3N7O5/c1-5-27(45)41-28(31(47)44-16-14-43(3)15-17-44)21(2)23-12-13-26(25(35)18-23)40-30(46)29(22-10-8-6-7-9-11-22)42-32(48)34(36,37)24-19-38-33(49-4)39-20-24/h12-13,18-22,28-29H,5-11,14-17H2,1-4H3,(H,40,46)(H,41,45)(H,42,48)/t21-,28+,29-/m0/s1. The van der Waals surface area contributed by atoms with E-state index in [1.807, 2.05) is 7.05 Å². The van der Waals surface area contributed by atoms with E-state index in [9.17, 15) is 19.2 Å². The molecule has 3 atom stereocenters. The fraction of sp³-hybridized carbons (Fsp3) is 0.588. The summed E-state index contributed by atoms with van der Waals surface area (Å²) >= 11 is 0. The summed E-state index contributed by atoms with van der Waals surface area (Å²) in [5.41, 5.74) is -0.584. The number of ether oxygens (including phenoxy) is 1. The molecule has 12 nitrogen and oxygen atoms in total. The summed E-state index contributed by atoms with van der Waals surface area (Å²) in [5, 5.41) is 7.52. The Morgan fingerprint density at radius 1 is 1.00 bits per heavy atom. The van der Waals surface area contributed by atoms with Crippen LogP contribution < -0.4 is 20.7 Å². The maximum absolute atomic E-state index is 15.6. The number of nitrogens with zero attached hydrogens (tertiary/aromatic N) is 4. The molecule has 0 spiro atoms. The highest BCUT2D eigenvalue weighted by atomic mass is 19.3. The number of benzene rings is 1. The highest BCUT2D eigenvalue weighted by Crippen LogP contribution is 2.32. The minimum absolute atomic E-state index is 0.152. The Morgan fingerprint density at radius 2 is 1.63 bits per heavy atom. The Balaban J connectivity index is 1.53. The number of piperazine rings is 1. The first-order valence-electron chi connectivity index (χ1n) is 16.8. The maximum atomic E-state index is 15.6. The summed E-state index contributed by atoms with van der Waals surface area (Å²) in [4.78, 5) is 63.7. The van der Waals surface area contributed by atoms with Crippen LogP contribution in [-0.4, -0.2) is 95.8 Å². The zero-order valence-electron chi connectivity index (χ0n) is 28.4. The van der Waals surface area contributed by atoms with Gasteiger partial charge in [0.2, 0.25) is 17.7 Å². The van der Waals surface area contributed by atoms with E-state index in [1.54, 1.807) is 24.8 Å². The number of amides is 4. The van der Waals surface area contributed by atoms with Crippen LogP contribution in [0.25, 0.3) is 0 Å². The van der Waals surface area contributed by atoms with Crippen molar-refractivity contribution < 1.29 is 37.1 Å². The van der Waals surface area contributed by atoms with Crippen molar-refractivity contribution in [1.29, 1.82) is 0 Å². The van der Waals surface area contributed by atoms with Gasteiger partial charge >= 0.3 is 11.9 Å². The minimum atomic E-state index is -4.07. The van der Waals surface area contributed by atoms with Crippen LogP contribution in [-0.2, 0) is 25.1 Å². The van der Waals surface area contributed by atoms with Gasteiger partial charge in [-0.15, -0.1) is 0 Å². The van der Waals surface area contributed by atoms with Gasteiger partial charge in [0, 0.05) is 50.9 Å². The zero-order chi connectivity index (χ0) is 35.7. The van der Waals surface area contributed by atoms with Crippen LogP contribution in [0.5, 0.6) is 6.01 Å². The molecule has 0 unspecified atom stereocenters. The molecule has 4 rings (SSSR count). The normalized spacial score (nSPS) is 18.1. The van der Waals surface area contributed by atoms with Gasteiger partial charge in [-0.3, -0.25) is 19.2 Å². The van der Waals surface area contributed by atoms with Crippen LogP contribution in [0.15, 0.2) is 30.6 Å². The van der Waals surface area contributed by atoms with Gasteiger partial charge in [-0.1, -0.05) is 45.6 Å². The van der Waals surface area contributed by atoms with Gasteiger partial charge in [0.15, 0.2) is 0 Å². The first-order valence-corrected chi connectivity index (χ1v) is 16.8. The van der Waals surface area contributed by atoms with Crippen LogP contribution in [0.4, 0.5) is 18.9 Å². The number of hydrogen-bond acceptors (Lipinski definition) is 8. The average molecular weight is 690 g/mol. The number of hydrogen-bond donors (Lipinski definition) is 3. The van der Waals surface area contributed by atoms with E-state index in [0.29, 0.717) is 44.6 Å². The fourth-order valence-electron chi connectivity index (χ4n) is 6.21. The zero-order valence-corrected chi connectivity index (χ0v) is 28.4. The Morgan fingerprint density at radius 3 is 2.20 bits per heavy atom. The van der Waals surface area contributed by atoms with E-state index in [-0.39, 0.29) is 29.9 Å². The number of aromatic nitrogens is 2. The predicted octanol–water partition coefficient (Wildman–Crippen LogP) is 3.58. The van der Waals surface area contributed by atoms with Crippen molar-refractivity contribution >= 4 is 29.3 Å². The second-order valence-corrected chi connectivity index (χ2v) is 12.8. The summed E-state index contributed by atoms with van der Waals surface area (Å²) in [6.07, 6.45) is 6.06. The van der Waals surface area contributed by atoms with Gasteiger partial charge in [0.05, 0.1) is 18.4 Å². The maximum Gasteiger partial charge on any atom is 0.352 e. The molecule has 2 aliphatic rings. The highest BCUT2D eigenvalue weighted by Gasteiger charge is 2.45. The lowest BCUT2D eigenvalue weighted by molar-refractivity contribution is -0.149. The van der Waals surface area contributed by atoms with E-state index in [2.05, 4.69) is 30.8 Å². The quantitative estimate of drug-likeness (QED) is 0.287. The summed E-state index contributed by atoms with van der Waals surface area (Å²) in [5.74, 6) is -9.09. The lowest BCUT2D eigenvalue weighted by Gasteiger charge is -2.36. The lowest BCUT2D eigenvalue weighted by Crippen LogP contribution is -2.55. The Labute approximate surface area is 284 Å². The number of methoxy groups -OCH3 is 1. The smallest absolute Gasteiger partial charge is 0.352 e. The van der Waals surface area contributed by atoms with Crippen LogP contribution in [0.1, 0.15) is 75.8 Å². The molecular weight excluding hydrogens is 643 g/mol. The summed E-state index contributed by atoms with van der Waals surface area (Å²) in [7, 11) is 3.23. The van der Waals surface area contributed by atoms with Gasteiger partial charge < -0.3 is 30.5 Å². The molecule has 1 saturated carbocycles. The minimum Gasteiger partial charge on any atom is -0.467 e. The van der Waals surface area contributed by atoms with Gasteiger partial charge in [-0.25, -0.2) is 14.4 Å². The lowest BCUT2D eigenvalue weighted by atomic mass is 9.90. The number of rotatable bonds is 12. The van der Waals surface area contributed by atoms with E-state index in [4.69, 9.17) is 4.74 Å².